The van der Waals surface area contributed by atoms with Gasteiger partial charge in [-0.05, 0) is 43.7 Å². The Morgan fingerprint density at radius 3 is 2.54 bits per heavy atom. The number of Topliss-reactive ketones (excluding diaryl/α,β-unsaturated/α-hetero) is 1. The van der Waals surface area contributed by atoms with Gasteiger partial charge in [-0.1, -0.05) is 31.4 Å². The molecule has 0 bridgehead atoms. The van der Waals surface area contributed by atoms with Gasteiger partial charge in [0.25, 0.3) is 0 Å². The van der Waals surface area contributed by atoms with Crippen molar-refractivity contribution in [2.45, 2.75) is 50.7 Å². The lowest BCUT2D eigenvalue weighted by atomic mass is 10.1. The summed E-state index contributed by atoms with van der Waals surface area (Å²) in [5.74, 6) is -1.80. The number of benzene rings is 1. The Labute approximate surface area is 153 Å². The molecule has 1 aromatic carbocycles. The summed E-state index contributed by atoms with van der Waals surface area (Å²) in [5.41, 5.74) is -0.0551. The molecule has 0 saturated heterocycles. The molecule has 134 valence electrons. The predicted molar refractivity (Wildman–Crippen MR) is 104 cm³/mol. The number of thioether (sulfide) groups is 1. The Bertz CT molecular complexity index is 588. The lowest BCUT2D eigenvalue weighted by Crippen LogP contribution is -2.26. The number of hydrogen-bond donors (Lipinski definition) is 0. The minimum atomic E-state index is -1.35. The number of rotatable bonds is 8. The zero-order valence-electron chi connectivity index (χ0n) is 14.5. The van der Waals surface area contributed by atoms with Gasteiger partial charge in [-0.3, -0.25) is 4.79 Å². The molecule has 7 heteroatoms. The Balaban J connectivity index is 2.72. The second-order valence-corrected chi connectivity index (χ2v) is 14.2. The quantitative estimate of drug-likeness (QED) is 0.324. The third kappa shape index (κ3) is 7.85. The molecule has 0 heterocycles. The van der Waals surface area contributed by atoms with Crippen molar-refractivity contribution < 1.29 is 18.3 Å². The van der Waals surface area contributed by atoms with Crippen molar-refractivity contribution in [1.82, 2.24) is 0 Å². The number of hydrogen-bond acceptors (Lipinski definition) is 4. The molecule has 0 aliphatic heterocycles. The van der Waals surface area contributed by atoms with Crippen LogP contribution >= 0.6 is 24.0 Å². The fraction of sp³-hybridized carbons (Fsp3) is 0.529. The van der Waals surface area contributed by atoms with Crippen LogP contribution in [-0.4, -0.2) is 30.1 Å². The highest BCUT2D eigenvalue weighted by Gasteiger charge is 2.24. The van der Waals surface area contributed by atoms with Crippen LogP contribution in [0.5, 0.6) is 0 Å². The van der Waals surface area contributed by atoms with E-state index < -0.39 is 19.7 Å². The first-order chi connectivity index (χ1) is 11.1. The average molecular weight is 391 g/mol. The third-order valence-corrected chi connectivity index (χ3v) is 6.76. The van der Waals surface area contributed by atoms with Gasteiger partial charge in [0.2, 0.25) is 4.38 Å². The summed E-state index contributed by atoms with van der Waals surface area (Å²) < 4.78 is 32.5. The lowest BCUT2D eigenvalue weighted by molar-refractivity contribution is 0.0976. The van der Waals surface area contributed by atoms with Crippen molar-refractivity contribution in [1.29, 1.82) is 0 Å². The highest BCUT2D eigenvalue weighted by molar-refractivity contribution is 8.23. The smallest absolute Gasteiger partial charge is 0.220 e. The fourth-order valence-electron chi connectivity index (χ4n) is 2.32. The normalized spacial score (nSPS) is 12.8. The number of ether oxygens (including phenoxy) is 1. The zero-order valence-corrected chi connectivity index (χ0v) is 17.2. The third-order valence-electron chi connectivity index (χ3n) is 3.29. The van der Waals surface area contributed by atoms with Crippen molar-refractivity contribution >= 4 is 42.2 Å². The fourth-order valence-corrected chi connectivity index (χ4v) is 6.94. The average Bonchev–Trinajstić information content (AvgIpc) is 2.43. The van der Waals surface area contributed by atoms with Crippen molar-refractivity contribution in [3.05, 3.63) is 35.4 Å². The van der Waals surface area contributed by atoms with Crippen LogP contribution in [0.15, 0.2) is 18.2 Å². The minimum absolute atomic E-state index is 0.0551. The first-order valence-corrected chi connectivity index (χ1v) is 12.9. The summed E-state index contributed by atoms with van der Waals surface area (Å²) in [6.45, 7) is 9.16. The maximum Gasteiger partial charge on any atom is 0.220 e. The van der Waals surface area contributed by atoms with Crippen LogP contribution in [0.3, 0.4) is 0 Å². The summed E-state index contributed by atoms with van der Waals surface area (Å²) in [7, 11) is -1.35. The van der Waals surface area contributed by atoms with E-state index in [0.29, 0.717) is 17.4 Å². The summed E-state index contributed by atoms with van der Waals surface area (Å²) in [6, 6.07) is 4.04. The zero-order chi connectivity index (χ0) is 18.3. The molecule has 0 aliphatic carbocycles. The van der Waals surface area contributed by atoms with Gasteiger partial charge in [-0.2, -0.15) is 0 Å². The van der Waals surface area contributed by atoms with Crippen molar-refractivity contribution in [3.63, 3.8) is 0 Å². The predicted octanol–water partition coefficient (Wildman–Crippen LogP) is 5.69. The largest absolute Gasteiger partial charge is 0.479 e. The second kappa shape index (κ2) is 9.63. The van der Waals surface area contributed by atoms with Crippen molar-refractivity contribution in [2.24, 2.45) is 0 Å². The number of halogens is 2. The number of carbonyl (C=O) groups excluding carboxylic acids is 1. The maximum absolute atomic E-state index is 13.7. The van der Waals surface area contributed by atoms with Gasteiger partial charge in [0.15, 0.2) is 5.78 Å². The van der Waals surface area contributed by atoms with Crippen molar-refractivity contribution in [2.75, 3.05) is 6.61 Å². The molecular formula is C17H24F2O2S2Si. The van der Waals surface area contributed by atoms with Crippen molar-refractivity contribution in [3.8, 4) is 0 Å². The van der Waals surface area contributed by atoms with E-state index in [-0.39, 0.29) is 23.0 Å². The monoisotopic (exact) mass is 390 g/mol. The van der Waals surface area contributed by atoms with E-state index in [1.54, 1.807) is 0 Å². The van der Waals surface area contributed by atoms with Crippen LogP contribution in [0.1, 0.15) is 30.1 Å². The van der Waals surface area contributed by atoms with Gasteiger partial charge >= 0.3 is 0 Å². The number of thiocarbonyl (C=S) groups is 1. The van der Waals surface area contributed by atoms with E-state index in [9.17, 15) is 13.6 Å². The molecule has 0 amide bonds. The molecule has 0 saturated carbocycles. The minimum Gasteiger partial charge on any atom is -0.479 e. The Morgan fingerprint density at radius 1 is 1.33 bits per heavy atom. The molecule has 0 aromatic heterocycles. The van der Waals surface area contributed by atoms with Crippen LogP contribution in [0, 0.1) is 11.6 Å². The van der Waals surface area contributed by atoms with E-state index in [2.05, 4.69) is 19.6 Å². The van der Waals surface area contributed by atoms with Crippen LogP contribution in [-0.2, 0) is 4.74 Å². The van der Waals surface area contributed by atoms with E-state index in [1.165, 1.54) is 17.8 Å². The number of carbonyl (C=O) groups is 1. The standard InChI is InChI=1S/C17H24F2O2S2Si/c1-5-21-17(22)23-13(11-24(2,3)4)7-9-16(20)14-8-6-12(18)10-15(14)19/h6,8,10,13H,5,7,9,11H2,1-4H3. The summed E-state index contributed by atoms with van der Waals surface area (Å²) in [6.07, 6.45) is 0.803. The summed E-state index contributed by atoms with van der Waals surface area (Å²) in [5, 5.41) is 0.170. The van der Waals surface area contributed by atoms with Crippen LogP contribution in [0.25, 0.3) is 0 Å². The molecule has 2 nitrogen and oxygen atoms in total. The van der Waals surface area contributed by atoms with Gasteiger partial charge in [-0.15, -0.1) is 0 Å². The summed E-state index contributed by atoms with van der Waals surface area (Å²) in [4.78, 5) is 12.2. The Hall–Kier alpha value is -0.793. The molecule has 0 fully saturated rings. The molecule has 0 aliphatic rings. The molecule has 1 unspecified atom stereocenters. The molecule has 1 rings (SSSR count). The van der Waals surface area contributed by atoms with Gasteiger partial charge in [0.05, 0.1) is 12.2 Å². The first-order valence-electron chi connectivity index (χ1n) is 7.94. The van der Waals surface area contributed by atoms with E-state index in [0.717, 1.165) is 18.2 Å². The van der Waals surface area contributed by atoms with Crippen LogP contribution in [0.4, 0.5) is 8.78 Å². The molecule has 1 atom stereocenters. The highest BCUT2D eigenvalue weighted by Crippen LogP contribution is 2.28. The first kappa shape index (κ1) is 21.2. The van der Waals surface area contributed by atoms with Crippen LogP contribution in [0.2, 0.25) is 25.7 Å². The molecule has 0 N–H and O–H groups in total. The molecule has 1 aromatic rings. The van der Waals surface area contributed by atoms with Gasteiger partial charge in [0.1, 0.15) is 11.6 Å². The Kier molecular flexibility index (Phi) is 8.52. The molecular weight excluding hydrogens is 366 g/mol. The van der Waals surface area contributed by atoms with Gasteiger partial charge in [-0.25, -0.2) is 8.78 Å². The molecule has 0 spiro atoms. The number of ketones is 1. The SMILES string of the molecule is CCOC(=S)SC(CCC(=O)c1ccc(F)cc1F)C[Si](C)(C)C. The van der Waals surface area contributed by atoms with E-state index >= 15 is 0 Å². The molecule has 24 heavy (non-hydrogen) atoms. The van der Waals surface area contributed by atoms with E-state index in [4.69, 9.17) is 17.0 Å². The topological polar surface area (TPSA) is 26.3 Å². The highest BCUT2D eigenvalue weighted by atomic mass is 32.2. The Morgan fingerprint density at radius 2 is 2.00 bits per heavy atom. The molecule has 0 radical (unpaired) electrons. The maximum atomic E-state index is 13.7. The van der Waals surface area contributed by atoms with Crippen LogP contribution < -0.4 is 0 Å². The lowest BCUT2D eigenvalue weighted by Gasteiger charge is -2.24. The van der Waals surface area contributed by atoms with E-state index in [1.807, 2.05) is 6.92 Å². The van der Waals surface area contributed by atoms with Gasteiger partial charge < -0.3 is 4.74 Å². The summed E-state index contributed by atoms with van der Waals surface area (Å²) >= 11 is 6.67. The van der Waals surface area contributed by atoms with Gasteiger partial charge in [0, 0.05) is 25.8 Å². The second-order valence-electron chi connectivity index (χ2n) is 6.77.